The first-order valence-corrected chi connectivity index (χ1v) is 13.0. The molecular weight excluding hydrogens is 448 g/mol. The van der Waals surface area contributed by atoms with Crippen LogP contribution >= 0.6 is 0 Å². The van der Waals surface area contributed by atoms with Crippen LogP contribution in [0.3, 0.4) is 0 Å². The van der Waals surface area contributed by atoms with Gasteiger partial charge in [0.15, 0.2) is 0 Å². The number of likely N-dealkylation sites (N-methyl/N-ethyl adjacent to an activating group) is 1. The lowest BCUT2D eigenvalue weighted by Gasteiger charge is -2.37. The van der Waals surface area contributed by atoms with Crippen molar-refractivity contribution in [2.45, 2.75) is 76.8 Å². The number of nitrogens with zero attached hydrogens (tertiary/aromatic N) is 4. The molecule has 0 bridgehead atoms. The third-order valence-corrected chi connectivity index (χ3v) is 7.02. The van der Waals surface area contributed by atoms with Gasteiger partial charge >= 0.3 is 6.09 Å². The fourth-order valence-corrected chi connectivity index (χ4v) is 4.76. The minimum Gasteiger partial charge on any atom is -0.450 e. The van der Waals surface area contributed by atoms with Gasteiger partial charge in [-0.15, -0.1) is 0 Å². The Labute approximate surface area is 210 Å². The number of likely N-dealkylation sites (tertiary alicyclic amines) is 1. The summed E-state index contributed by atoms with van der Waals surface area (Å²) in [7, 11) is 3.64. The van der Waals surface area contributed by atoms with E-state index in [0.717, 1.165) is 38.8 Å². The first kappa shape index (κ1) is 28.9. The molecule has 1 aliphatic carbocycles. The van der Waals surface area contributed by atoms with Gasteiger partial charge in [0, 0.05) is 33.3 Å². The maximum Gasteiger partial charge on any atom is 0.413 e. The highest BCUT2D eigenvalue weighted by Gasteiger charge is 2.38. The Morgan fingerprint density at radius 1 is 1.23 bits per heavy atom. The Morgan fingerprint density at radius 3 is 2.49 bits per heavy atom. The van der Waals surface area contributed by atoms with Crippen molar-refractivity contribution < 1.29 is 19.1 Å². The first-order chi connectivity index (χ1) is 16.9. The summed E-state index contributed by atoms with van der Waals surface area (Å²) in [5, 5.41) is 15.7. The van der Waals surface area contributed by atoms with Crippen molar-refractivity contribution in [3.8, 4) is 6.07 Å². The quantitative estimate of drug-likeness (QED) is 0.355. The second-order valence-electron chi connectivity index (χ2n) is 9.61. The number of ether oxygens (including phenoxy) is 2. The number of alkyl carbamates (subject to hydrolysis) is 1. The summed E-state index contributed by atoms with van der Waals surface area (Å²) in [5.41, 5.74) is -0.890. The molecule has 0 aromatic heterocycles. The molecule has 10 nitrogen and oxygen atoms in total. The van der Waals surface area contributed by atoms with Gasteiger partial charge in [0.25, 0.3) is 0 Å². The molecule has 2 amide bonds. The molecule has 1 heterocycles. The maximum absolute atomic E-state index is 13.6. The first-order valence-electron chi connectivity index (χ1n) is 13.0. The summed E-state index contributed by atoms with van der Waals surface area (Å²) in [4.78, 5) is 34.8. The van der Waals surface area contributed by atoms with E-state index in [1.54, 1.807) is 14.0 Å². The smallest absolute Gasteiger partial charge is 0.413 e. The van der Waals surface area contributed by atoms with Crippen molar-refractivity contribution in [2.75, 3.05) is 53.6 Å². The monoisotopic (exact) mass is 492 g/mol. The fraction of sp³-hybridized carbons (Fsp3) is 0.840. The van der Waals surface area contributed by atoms with Gasteiger partial charge in [-0.05, 0) is 46.1 Å². The van der Waals surface area contributed by atoms with Crippen LogP contribution in [0.1, 0.15) is 65.2 Å². The Balaban J connectivity index is 2.33. The molecule has 0 aromatic rings. The Bertz CT molecular complexity index is 739. The second kappa shape index (κ2) is 14.9. The van der Waals surface area contributed by atoms with E-state index in [9.17, 15) is 14.9 Å². The number of hydrogen-bond donors (Lipinski definition) is 2. The van der Waals surface area contributed by atoms with E-state index in [1.807, 2.05) is 18.9 Å². The number of amides is 2. The Hall–Kier alpha value is -2.38. The van der Waals surface area contributed by atoms with Gasteiger partial charge in [-0.1, -0.05) is 32.1 Å². The number of carbonyl (C=O) groups is 2. The molecule has 2 fully saturated rings. The standard InChI is InChI=1S/C25H44N6O4/c1-5-31(16-17-34-4)23(28-24(33)35-6-2)27-21(18-20-10-8-7-9-11-20)22(32)29-25(19-26)12-14-30(3)15-13-25/h20-21H,5-18H2,1-4H3,(H,29,32)(H,27,28,33). The second-order valence-corrected chi connectivity index (χ2v) is 9.61. The number of guanidine groups is 1. The molecule has 2 N–H and O–H groups in total. The minimum absolute atomic E-state index is 0.231. The van der Waals surface area contributed by atoms with E-state index in [2.05, 4.69) is 21.6 Å². The fourth-order valence-electron chi connectivity index (χ4n) is 4.76. The van der Waals surface area contributed by atoms with Crippen LogP contribution in [0, 0.1) is 17.2 Å². The van der Waals surface area contributed by atoms with Crippen LogP contribution in [-0.2, 0) is 14.3 Å². The van der Waals surface area contributed by atoms with E-state index in [1.165, 1.54) is 6.42 Å². The lowest BCUT2D eigenvalue weighted by atomic mass is 9.84. The zero-order chi connectivity index (χ0) is 25.7. The number of carbonyl (C=O) groups excluding carboxylic acids is 2. The number of rotatable bonds is 10. The number of aliphatic imine (C=N–C) groups is 1. The molecule has 1 saturated carbocycles. The largest absolute Gasteiger partial charge is 0.450 e. The molecule has 0 aromatic carbocycles. The van der Waals surface area contributed by atoms with Crippen LogP contribution in [0.2, 0.25) is 0 Å². The maximum atomic E-state index is 13.6. The summed E-state index contributed by atoms with van der Waals surface area (Å²) in [6, 6.07) is 1.66. The summed E-state index contributed by atoms with van der Waals surface area (Å²) in [6.07, 6.45) is 6.79. The van der Waals surface area contributed by atoms with Gasteiger partial charge in [0.2, 0.25) is 11.9 Å². The average Bonchev–Trinajstić information content (AvgIpc) is 2.86. The molecule has 35 heavy (non-hydrogen) atoms. The highest BCUT2D eigenvalue weighted by atomic mass is 16.5. The lowest BCUT2D eigenvalue weighted by Crippen LogP contribution is -2.56. The van der Waals surface area contributed by atoms with Gasteiger partial charge in [0.1, 0.15) is 11.6 Å². The van der Waals surface area contributed by atoms with Gasteiger partial charge in [0.05, 0.1) is 19.3 Å². The Kier molecular flexibility index (Phi) is 12.3. The van der Waals surface area contributed by atoms with Crippen molar-refractivity contribution in [2.24, 2.45) is 10.9 Å². The predicted octanol–water partition coefficient (Wildman–Crippen LogP) is 2.50. The van der Waals surface area contributed by atoms with E-state index >= 15 is 0 Å². The molecule has 10 heteroatoms. The molecule has 2 rings (SSSR count). The normalized spacial score (nSPS) is 19.9. The van der Waals surface area contributed by atoms with Crippen LogP contribution in [0.5, 0.6) is 0 Å². The van der Waals surface area contributed by atoms with Crippen molar-refractivity contribution >= 4 is 18.0 Å². The zero-order valence-corrected chi connectivity index (χ0v) is 22.0. The van der Waals surface area contributed by atoms with Crippen molar-refractivity contribution in [1.29, 1.82) is 5.26 Å². The third kappa shape index (κ3) is 9.30. The van der Waals surface area contributed by atoms with Crippen LogP contribution < -0.4 is 10.6 Å². The molecule has 1 aliphatic heterocycles. The average molecular weight is 493 g/mol. The number of methoxy groups -OCH3 is 1. The SMILES string of the molecule is CCOC(=O)N/C(=N\C(CC1CCCCC1)C(=O)NC1(C#N)CCN(C)CC1)N(CC)CCOC. The summed E-state index contributed by atoms with van der Waals surface area (Å²) >= 11 is 0. The predicted molar refractivity (Wildman–Crippen MR) is 135 cm³/mol. The summed E-state index contributed by atoms with van der Waals surface area (Å²) in [6.45, 7) is 6.95. The summed E-state index contributed by atoms with van der Waals surface area (Å²) in [5.74, 6) is 0.428. The van der Waals surface area contributed by atoms with Gasteiger partial charge in [-0.25, -0.2) is 9.79 Å². The number of nitriles is 1. The van der Waals surface area contributed by atoms with E-state index in [-0.39, 0.29) is 12.5 Å². The van der Waals surface area contributed by atoms with E-state index in [4.69, 9.17) is 14.5 Å². The molecule has 1 unspecified atom stereocenters. The molecule has 0 spiro atoms. The van der Waals surface area contributed by atoms with Gasteiger partial charge in [-0.2, -0.15) is 5.26 Å². The van der Waals surface area contributed by atoms with Crippen molar-refractivity contribution in [1.82, 2.24) is 20.4 Å². The number of hydrogen-bond acceptors (Lipinski definition) is 7. The lowest BCUT2D eigenvalue weighted by molar-refractivity contribution is -0.124. The molecule has 2 aliphatic rings. The summed E-state index contributed by atoms with van der Waals surface area (Å²) < 4.78 is 10.3. The highest BCUT2D eigenvalue weighted by molar-refractivity contribution is 5.96. The third-order valence-electron chi connectivity index (χ3n) is 7.02. The van der Waals surface area contributed by atoms with Crippen LogP contribution in [0.25, 0.3) is 0 Å². The number of piperidine rings is 1. The zero-order valence-electron chi connectivity index (χ0n) is 22.0. The van der Waals surface area contributed by atoms with Crippen molar-refractivity contribution in [3.63, 3.8) is 0 Å². The molecule has 1 saturated heterocycles. The van der Waals surface area contributed by atoms with Crippen LogP contribution in [0.4, 0.5) is 4.79 Å². The minimum atomic E-state index is -0.890. The molecule has 1 atom stereocenters. The molecule has 198 valence electrons. The number of nitrogens with one attached hydrogen (secondary N) is 2. The van der Waals surface area contributed by atoms with Crippen LogP contribution in [-0.4, -0.2) is 92.9 Å². The van der Waals surface area contributed by atoms with E-state index in [0.29, 0.717) is 50.8 Å². The van der Waals surface area contributed by atoms with E-state index < -0.39 is 17.7 Å². The molecule has 0 radical (unpaired) electrons. The molecular formula is C25H44N6O4. The van der Waals surface area contributed by atoms with Gasteiger partial charge in [-0.3, -0.25) is 10.1 Å². The Morgan fingerprint density at radius 2 is 1.91 bits per heavy atom. The highest BCUT2D eigenvalue weighted by Crippen LogP contribution is 2.29. The van der Waals surface area contributed by atoms with Crippen LogP contribution in [0.15, 0.2) is 4.99 Å². The van der Waals surface area contributed by atoms with Crippen molar-refractivity contribution in [3.05, 3.63) is 0 Å². The van der Waals surface area contributed by atoms with Gasteiger partial charge < -0.3 is 24.6 Å². The topological polar surface area (TPSA) is 119 Å².